The molecule has 0 aliphatic heterocycles. The first-order valence-electron chi connectivity index (χ1n) is 31.0. The molecule has 0 aliphatic carbocycles. The van der Waals surface area contributed by atoms with E-state index in [1.54, 1.807) is 0 Å². The molecule has 0 saturated carbocycles. The summed E-state index contributed by atoms with van der Waals surface area (Å²) >= 11 is 0. The van der Waals surface area contributed by atoms with Gasteiger partial charge in [-0.25, -0.2) is 0 Å². The predicted octanol–water partition coefficient (Wildman–Crippen LogP) is 21.3. The van der Waals surface area contributed by atoms with E-state index in [2.05, 4.69) is 179 Å². The van der Waals surface area contributed by atoms with Crippen molar-refractivity contribution >= 4 is 17.9 Å². The quantitative estimate of drug-likeness (QED) is 0.0261. The first-order valence-corrected chi connectivity index (χ1v) is 31.0. The highest BCUT2D eigenvalue weighted by atomic mass is 16.6. The van der Waals surface area contributed by atoms with Gasteiger partial charge in [-0.05, 0) is 148 Å². The third kappa shape index (κ3) is 61.8. The molecule has 6 heteroatoms. The van der Waals surface area contributed by atoms with E-state index in [9.17, 15) is 14.4 Å². The molecule has 0 fully saturated rings. The Hall–Kier alpha value is -4.97. The Bertz CT molecular complexity index is 1740. The minimum absolute atomic E-state index is 0.107. The van der Waals surface area contributed by atoms with Gasteiger partial charge in [0.15, 0.2) is 6.10 Å². The fourth-order valence-corrected chi connectivity index (χ4v) is 7.91. The average Bonchev–Trinajstić information content (AvgIpc) is 3.43. The fourth-order valence-electron chi connectivity index (χ4n) is 7.91. The molecule has 432 valence electrons. The molecule has 0 aliphatic rings. The number of allylic oxidation sites excluding steroid dienone is 26. The van der Waals surface area contributed by atoms with E-state index in [0.29, 0.717) is 19.3 Å². The molecule has 0 spiro atoms. The van der Waals surface area contributed by atoms with E-state index in [4.69, 9.17) is 14.2 Å². The molecular weight excluding hydrogens is 949 g/mol. The summed E-state index contributed by atoms with van der Waals surface area (Å²) in [5.74, 6) is -0.970. The van der Waals surface area contributed by atoms with E-state index in [-0.39, 0.29) is 31.1 Å². The van der Waals surface area contributed by atoms with Crippen molar-refractivity contribution in [1.82, 2.24) is 0 Å². The Kier molecular flexibility index (Phi) is 59.5. The summed E-state index contributed by atoms with van der Waals surface area (Å²) in [4.78, 5) is 38.2. The van der Waals surface area contributed by atoms with Gasteiger partial charge in [0.2, 0.25) is 0 Å². The highest BCUT2D eigenvalue weighted by molar-refractivity contribution is 5.71. The van der Waals surface area contributed by atoms with E-state index in [1.807, 2.05) is 0 Å². The van der Waals surface area contributed by atoms with Gasteiger partial charge in [0.05, 0.1) is 0 Å². The first-order chi connectivity index (χ1) is 38.0. The molecule has 0 rings (SSSR count). The van der Waals surface area contributed by atoms with Gasteiger partial charge in [0.25, 0.3) is 0 Å². The number of carbonyl (C=O) groups is 3. The van der Waals surface area contributed by atoms with Crippen molar-refractivity contribution in [2.75, 3.05) is 13.2 Å². The van der Waals surface area contributed by atoms with E-state index in [1.165, 1.54) is 38.5 Å². The van der Waals surface area contributed by atoms with Crippen LogP contribution in [-0.4, -0.2) is 37.2 Å². The van der Waals surface area contributed by atoms with Crippen LogP contribution in [0.25, 0.3) is 0 Å². The summed E-state index contributed by atoms with van der Waals surface area (Å²) in [7, 11) is 0. The van der Waals surface area contributed by atoms with Gasteiger partial charge < -0.3 is 14.2 Å². The second kappa shape index (κ2) is 63.6. The van der Waals surface area contributed by atoms with Gasteiger partial charge in [-0.1, -0.05) is 243 Å². The van der Waals surface area contributed by atoms with Crippen LogP contribution in [0.1, 0.15) is 252 Å². The first kappa shape index (κ1) is 72.0. The minimum atomic E-state index is -0.811. The van der Waals surface area contributed by atoms with E-state index >= 15 is 0 Å². The number of carbonyl (C=O) groups excluding carboxylic acids is 3. The number of esters is 3. The highest BCUT2D eigenvalue weighted by Gasteiger charge is 2.19. The lowest BCUT2D eigenvalue weighted by molar-refractivity contribution is -0.167. The molecule has 0 saturated heterocycles. The number of ether oxygens (including phenoxy) is 3. The second-order valence-corrected chi connectivity index (χ2v) is 19.8. The van der Waals surface area contributed by atoms with Crippen LogP contribution in [0.15, 0.2) is 158 Å². The Morgan fingerprint density at radius 1 is 0.273 bits per heavy atom. The van der Waals surface area contributed by atoms with Crippen molar-refractivity contribution in [3.05, 3.63) is 158 Å². The molecule has 6 nitrogen and oxygen atoms in total. The Morgan fingerprint density at radius 2 is 0.506 bits per heavy atom. The maximum atomic E-state index is 12.9. The largest absolute Gasteiger partial charge is 0.462 e. The van der Waals surface area contributed by atoms with Crippen LogP contribution in [0, 0.1) is 0 Å². The zero-order valence-corrected chi connectivity index (χ0v) is 49.4. The van der Waals surface area contributed by atoms with Crippen LogP contribution in [0.4, 0.5) is 0 Å². The Morgan fingerprint density at radius 3 is 0.805 bits per heavy atom. The standard InChI is InChI=1S/C71H112O6/c1-4-7-10-13-16-19-22-25-27-28-29-30-31-32-33-34-35-36-37-38-39-40-41-42-44-46-49-52-55-58-61-64-70(73)76-67-68(66-75-69(72)63-60-57-54-51-48-45-24-21-18-15-12-9-6-3)77-71(74)65-62-59-56-53-50-47-43-26-23-20-17-14-11-8-5-2/h7,9-10,12,16-21,25-27,29-30,32-33,35-36,38-39,41-43,45,48,68H,4-6,8,11,13-15,22-24,28,31,34,37,40,44,46-47,49-67H2,1-3H3/b10-7-,12-9-,19-16-,20-17-,21-18-,27-25-,30-29-,33-32-,36-35-,39-38-,42-41-,43-26-,48-45-. The zero-order valence-electron chi connectivity index (χ0n) is 49.4. The number of hydrogen-bond acceptors (Lipinski definition) is 6. The van der Waals surface area contributed by atoms with Crippen molar-refractivity contribution in [2.45, 2.75) is 258 Å². The molecule has 77 heavy (non-hydrogen) atoms. The second-order valence-electron chi connectivity index (χ2n) is 19.8. The van der Waals surface area contributed by atoms with Gasteiger partial charge in [-0.2, -0.15) is 0 Å². The third-order valence-corrected chi connectivity index (χ3v) is 12.5. The number of rotatable bonds is 54. The molecule has 0 radical (unpaired) electrons. The van der Waals surface area contributed by atoms with Gasteiger partial charge in [0.1, 0.15) is 13.2 Å². The molecule has 0 aromatic heterocycles. The monoisotopic (exact) mass is 1060 g/mol. The molecule has 0 bridgehead atoms. The fraction of sp³-hybridized carbons (Fsp3) is 0.592. The maximum absolute atomic E-state index is 12.9. The number of hydrogen-bond donors (Lipinski definition) is 0. The van der Waals surface area contributed by atoms with Crippen molar-refractivity contribution in [1.29, 1.82) is 0 Å². The molecule has 0 heterocycles. The van der Waals surface area contributed by atoms with Crippen molar-refractivity contribution in [3.8, 4) is 0 Å². The summed E-state index contributed by atoms with van der Waals surface area (Å²) in [5.41, 5.74) is 0. The smallest absolute Gasteiger partial charge is 0.306 e. The summed E-state index contributed by atoms with van der Waals surface area (Å²) in [6, 6.07) is 0. The van der Waals surface area contributed by atoms with Crippen LogP contribution < -0.4 is 0 Å². The summed E-state index contributed by atoms with van der Waals surface area (Å²) in [6.45, 7) is 6.32. The normalized spacial score (nSPS) is 13.2. The maximum Gasteiger partial charge on any atom is 0.306 e. The summed E-state index contributed by atoms with van der Waals surface area (Å²) < 4.78 is 16.8. The summed E-state index contributed by atoms with van der Waals surface area (Å²) in [6.07, 6.45) is 92.5. The Labute approximate surface area is 473 Å². The van der Waals surface area contributed by atoms with Crippen LogP contribution in [0.2, 0.25) is 0 Å². The van der Waals surface area contributed by atoms with Crippen LogP contribution in [-0.2, 0) is 28.6 Å². The van der Waals surface area contributed by atoms with Crippen LogP contribution >= 0.6 is 0 Å². The van der Waals surface area contributed by atoms with Gasteiger partial charge in [-0.15, -0.1) is 0 Å². The number of unbranched alkanes of at least 4 members (excludes halogenated alkanes) is 17. The van der Waals surface area contributed by atoms with Crippen molar-refractivity contribution in [2.24, 2.45) is 0 Å². The average molecular weight is 1060 g/mol. The molecule has 0 aromatic rings. The predicted molar refractivity (Wildman–Crippen MR) is 334 cm³/mol. The highest BCUT2D eigenvalue weighted by Crippen LogP contribution is 2.13. The van der Waals surface area contributed by atoms with E-state index in [0.717, 1.165) is 173 Å². The molecular formula is C71H112O6. The van der Waals surface area contributed by atoms with E-state index < -0.39 is 6.10 Å². The molecule has 1 unspecified atom stereocenters. The van der Waals surface area contributed by atoms with Gasteiger partial charge >= 0.3 is 17.9 Å². The lowest BCUT2D eigenvalue weighted by atomic mass is 10.1. The van der Waals surface area contributed by atoms with Crippen molar-refractivity contribution < 1.29 is 28.6 Å². The van der Waals surface area contributed by atoms with Gasteiger partial charge in [-0.3, -0.25) is 14.4 Å². The summed E-state index contributed by atoms with van der Waals surface area (Å²) in [5, 5.41) is 0. The molecule has 0 aromatic carbocycles. The van der Waals surface area contributed by atoms with Gasteiger partial charge in [0, 0.05) is 19.3 Å². The molecule has 0 N–H and O–H groups in total. The molecule has 1 atom stereocenters. The minimum Gasteiger partial charge on any atom is -0.462 e. The Balaban J connectivity index is 4.37. The van der Waals surface area contributed by atoms with Crippen LogP contribution in [0.3, 0.4) is 0 Å². The molecule has 0 amide bonds. The lowest BCUT2D eigenvalue weighted by Gasteiger charge is -2.18. The lowest BCUT2D eigenvalue weighted by Crippen LogP contribution is -2.30. The van der Waals surface area contributed by atoms with Crippen LogP contribution in [0.5, 0.6) is 0 Å². The third-order valence-electron chi connectivity index (χ3n) is 12.5. The topological polar surface area (TPSA) is 78.9 Å². The SMILES string of the molecule is CC/C=C\C/C=C\C/C=C\C/C=C\C/C=C\C/C=C\C/C=C\C/C=C\CCCCCCCCC(=O)OCC(COC(=O)CCCCC/C=C\C/C=C\C/C=C\CC)OC(=O)CCCCCCC/C=C\C/C=C\CCCCC. The van der Waals surface area contributed by atoms with Crippen molar-refractivity contribution in [3.63, 3.8) is 0 Å². The zero-order chi connectivity index (χ0) is 55.7.